The highest BCUT2D eigenvalue weighted by Gasteiger charge is 2.65. The number of rotatable bonds is 9. The Balaban J connectivity index is 1.45. The molecule has 3 fully saturated rings. The van der Waals surface area contributed by atoms with Gasteiger partial charge in [0.05, 0.1) is 12.3 Å². The van der Waals surface area contributed by atoms with Gasteiger partial charge in [-0.05, 0) is 116 Å². The van der Waals surface area contributed by atoms with Gasteiger partial charge >= 0.3 is 0 Å². The van der Waals surface area contributed by atoms with E-state index in [1.807, 2.05) is 26.3 Å². The summed E-state index contributed by atoms with van der Waals surface area (Å²) in [6.45, 7) is 12.3. The molecule has 1 spiro atoms. The van der Waals surface area contributed by atoms with Gasteiger partial charge in [-0.1, -0.05) is 69.7 Å². The van der Waals surface area contributed by atoms with Crippen molar-refractivity contribution in [1.82, 2.24) is 0 Å². The molecule has 4 aliphatic carbocycles. The van der Waals surface area contributed by atoms with E-state index in [-0.39, 0.29) is 22.5 Å². The smallest absolute Gasteiger partial charge is 0.133 e. The second kappa shape index (κ2) is 10.8. The predicted molar refractivity (Wildman–Crippen MR) is 162 cm³/mol. The second-order valence-electron chi connectivity index (χ2n) is 14.4. The summed E-state index contributed by atoms with van der Waals surface area (Å²) in [4.78, 5) is 17.6. The minimum Gasteiger partial charge on any atom is -0.384 e. The van der Waals surface area contributed by atoms with Crippen molar-refractivity contribution >= 4 is 12.0 Å². The number of hydrogen-bond acceptors (Lipinski definition) is 3. The fourth-order valence-electron chi connectivity index (χ4n) is 10.2. The molecule has 3 saturated carbocycles. The van der Waals surface area contributed by atoms with Crippen LogP contribution in [0, 0.1) is 39.4 Å². The van der Waals surface area contributed by atoms with Gasteiger partial charge in [0, 0.05) is 19.2 Å². The number of fused-ring (bicyclic) bond motifs is 3. The minimum absolute atomic E-state index is 0.00963. The molecule has 0 aliphatic heterocycles. The van der Waals surface area contributed by atoms with E-state index in [2.05, 4.69) is 57.2 Å². The van der Waals surface area contributed by atoms with Crippen LogP contribution in [0.15, 0.2) is 58.7 Å². The Morgan fingerprint density at radius 1 is 1.08 bits per heavy atom. The summed E-state index contributed by atoms with van der Waals surface area (Å²) in [5, 5.41) is 0. The average Bonchev–Trinajstić information content (AvgIpc) is 3.10. The van der Waals surface area contributed by atoms with Gasteiger partial charge in [0.15, 0.2) is 0 Å². The molecule has 0 N–H and O–H groups in total. The van der Waals surface area contributed by atoms with Crippen molar-refractivity contribution in [3.8, 4) is 0 Å². The van der Waals surface area contributed by atoms with E-state index >= 15 is 0 Å². The monoisotopic (exact) mass is 529 g/mol. The van der Waals surface area contributed by atoms with E-state index in [1.165, 1.54) is 62.5 Å². The molecule has 1 aromatic carbocycles. The molecule has 212 valence electrons. The number of methoxy groups -OCH3 is 1. The van der Waals surface area contributed by atoms with Gasteiger partial charge in [0.2, 0.25) is 0 Å². The Labute approximate surface area is 237 Å². The molecule has 0 saturated heterocycles. The van der Waals surface area contributed by atoms with Crippen LogP contribution in [-0.2, 0) is 16.0 Å². The normalized spacial score (nSPS) is 38.7. The summed E-state index contributed by atoms with van der Waals surface area (Å²) in [6, 6.07) is 10.4. The van der Waals surface area contributed by atoms with E-state index in [0.29, 0.717) is 10.8 Å². The average molecular weight is 530 g/mol. The lowest BCUT2D eigenvalue weighted by atomic mass is 9.40. The second-order valence-corrected chi connectivity index (χ2v) is 14.4. The van der Waals surface area contributed by atoms with E-state index in [4.69, 9.17) is 9.73 Å². The van der Waals surface area contributed by atoms with Crippen molar-refractivity contribution < 1.29 is 9.53 Å². The van der Waals surface area contributed by atoms with Gasteiger partial charge < -0.3 is 4.74 Å². The van der Waals surface area contributed by atoms with Crippen LogP contribution in [0.4, 0.5) is 0 Å². The number of carbonyl (C=O) groups excluding carboxylic acids is 1. The Morgan fingerprint density at radius 2 is 1.82 bits per heavy atom. The zero-order chi connectivity index (χ0) is 27.9. The molecular weight excluding hydrogens is 478 g/mol. The summed E-state index contributed by atoms with van der Waals surface area (Å²) in [5.74, 6) is 1.74. The van der Waals surface area contributed by atoms with Crippen LogP contribution in [0.1, 0.15) is 98.0 Å². The maximum atomic E-state index is 12.6. The van der Waals surface area contributed by atoms with Crippen LogP contribution in [-0.4, -0.2) is 25.7 Å². The minimum atomic E-state index is -0.00963. The van der Waals surface area contributed by atoms with Crippen LogP contribution in [0.2, 0.25) is 0 Å². The van der Waals surface area contributed by atoms with Gasteiger partial charge in [0.1, 0.15) is 5.78 Å². The molecule has 3 heteroatoms. The third-order valence-electron chi connectivity index (χ3n) is 11.8. The molecule has 7 atom stereocenters. The van der Waals surface area contributed by atoms with Crippen molar-refractivity contribution in [2.75, 3.05) is 13.7 Å². The molecule has 4 aliphatic rings. The number of carbonyl (C=O) groups is 1. The number of nitrogens with zero attached hydrogens (tertiary/aromatic N) is 1. The summed E-state index contributed by atoms with van der Waals surface area (Å²) in [5.41, 5.74) is 4.95. The van der Waals surface area contributed by atoms with E-state index in [9.17, 15) is 4.79 Å². The standard InChI is InChI=1S/C36H51NO2/c1-7-37-30(15-14-28(26(2)38)22-27-12-9-8-10-13-27)29-23-36-21-17-31-34(4,25-39-6)18-11-19-35(31,5)32(36)16-20-33(29,3)24-36/h7-10,12-13,15,23,28,31-32H,11,14,16-22,24-25H2,1-6H3/b30-15-,37-7?/t28-,31?,32?,33+,34+,35-,36+/m1/s1. The SMILES string of the molecule is CC=N/C(=C\C[C@H](Cc1ccccc1)C(C)=O)C1=C[C@]23CCC4[C@](C)(COC)CCC[C@@]4(C)C2CC[C@@]1(C)C3. The van der Waals surface area contributed by atoms with Gasteiger partial charge in [-0.2, -0.15) is 0 Å². The third-order valence-corrected chi connectivity index (χ3v) is 11.8. The first kappa shape index (κ1) is 28.5. The van der Waals surface area contributed by atoms with Crippen molar-refractivity contribution in [1.29, 1.82) is 0 Å². The Kier molecular flexibility index (Phi) is 7.88. The van der Waals surface area contributed by atoms with Crippen LogP contribution < -0.4 is 0 Å². The van der Waals surface area contributed by atoms with Crippen molar-refractivity contribution in [2.24, 2.45) is 44.4 Å². The Bertz CT molecular complexity index is 1150. The van der Waals surface area contributed by atoms with E-state index in [1.54, 1.807) is 6.92 Å². The fourth-order valence-corrected chi connectivity index (χ4v) is 10.2. The fraction of sp³-hybridized carbons (Fsp3) is 0.667. The molecule has 0 amide bonds. The topological polar surface area (TPSA) is 38.7 Å². The van der Waals surface area contributed by atoms with Crippen molar-refractivity contribution in [2.45, 2.75) is 98.8 Å². The van der Waals surface area contributed by atoms with E-state index < -0.39 is 0 Å². The third kappa shape index (κ3) is 5.03. The number of allylic oxidation sites excluding steroid dienone is 3. The highest BCUT2D eigenvalue weighted by molar-refractivity contribution is 5.78. The first-order valence-electron chi connectivity index (χ1n) is 15.5. The molecule has 2 bridgehead atoms. The summed E-state index contributed by atoms with van der Waals surface area (Å²) in [7, 11) is 1.89. The number of benzene rings is 1. The zero-order valence-corrected chi connectivity index (χ0v) is 25.4. The highest BCUT2D eigenvalue weighted by Crippen LogP contribution is 2.73. The molecule has 0 heterocycles. The summed E-state index contributed by atoms with van der Waals surface area (Å²) in [6.07, 6.45) is 18.9. The molecule has 1 aromatic rings. The number of hydrogen-bond donors (Lipinski definition) is 0. The quantitative estimate of drug-likeness (QED) is 0.300. The Hall–Kier alpha value is -2.00. The molecule has 2 unspecified atom stereocenters. The number of Topliss-reactive ketones (excluding diaryl/α,β-unsaturated/α-hetero) is 1. The molecule has 0 aromatic heterocycles. The van der Waals surface area contributed by atoms with Crippen LogP contribution >= 0.6 is 0 Å². The number of ketones is 1. The summed E-state index contributed by atoms with van der Waals surface area (Å²) >= 11 is 0. The first-order valence-corrected chi connectivity index (χ1v) is 15.5. The van der Waals surface area contributed by atoms with E-state index in [0.717, 1.165) is 37.0 Å². The van der Waals surface area contributed by atoms with Crippen molar-refractivity contribution in [3.63, 3.8) is 0 Å². The lowest BCUT2D eigenvalue weighted by Crippen LogP contribution is -2.57. The van der Waals surface area contributed by atoms with Crippen LogP contribution in [0.3, 0.4) is 0 Å². The molecule has 0 radical (unpaired) electrons. The van der Waals surface area contributed by atoms with Crippen molar-refractivity contribution in [3.05, 3.63) is 59.3 Å². The van der Waals surface area contributed by atoms with Gasteiger partial charge in [0.25, 0.3) is 0 Å². The molecule has 3 nitrogen and oxygen atoms in total. The first-order chi connectivity index (χ1) is 18.6. The molecular formula is C36H51NO2. The maximum Gasteiger partial charge on any atom is 0.133 e. The van der Waals surface area contributed by atoms with Crippen LogP contribution in [0.25, 0.3) is 0 Å². The van der Waals surface area contributed by atoms with Crippen LogP contribution in [0.5, 0.6) is 0 Å². The molecule has 5 rings (SSSR count). The lowest BCUT2D eigenvalue weighted by Gasteiger charge is -2.64. The zero-order valence-electron chi connectivity index (χ0n) is 25.4. The highest BCUT2D eigenvalue weighted by atomic mass is 16.5. The maximum absolute atomic E-state index is 12.6. The van der Waals surface area contributed by atoms with Gasteiger partial charge in [-0.25, -0.2) is 0 Å². The lowest BCUT2D eigenvalue weighted by molar-refractivity contribution is -0.157. The largest absolute Gasteiger partial charge is 0.384 e. The summed E-state index contributed by atoms with van der Waals surface area (Å²) < 4.78 is 5.81. The van der Waals surface area contributed by atoms with Gasteiger partial charge in [-0.3, -0.25) is 9.79 Å². The Morgan fingerprint density at radius 3 is 2.51 bits per heavy atom. The van der Waals surface area contributed by atoms with Gasteiger partial charge in [-0.15, -0.1) is 0 Å². The predicted octanol–water partition coefficient (Wildman–Crippen LogP) is 8.78. The molecule has 39 heavy (non-hydrogen) atoms. The number of aliphatic imine (C=N–C) groups is 1. The number of ether oxygens (including phenoxy) is 1.